The number of aromatic nitrogens is 1. The molecule has 5 nitrogen and oxygen atoms in total. The molecule has 0 N–H and O–H groups in total. The van der Waals surface area contributed by atoms with Crippen LogP contribution < -0.4 is 4.90 Å². The van der Waals surface area contributed by atoms with E-state index in [1.165, 1.54) is 42.8 Å². The van der Waals surface area contributed by atoms with E-state index in [2.05, 4.69) is 27.7 Å². The van der Waals surface area contributed by atoms with Gasteiger partial charge in [-0.05, 0) is 87.3 Å². The molecule has 0 bridgehead atoms. The van der Waals surface area contributed by atoms with Crippen LogP contribution in [0.4, 0.5) is 15.8 Å². The molecule has 2 saturated heterocycles. The molecule has 0 spiro atoms. The Bertz CT molecular complexity index is 1620. The van der Waals surface area contributed by atoms with Crippen molar-refractivity contribution in [1.29, 1.82) is 0 Å². The summed E-state index contributed by atoms with van der Waals surface area (Å²) in [6.45, 7) is 7.18. The van der Waals surface area contributed by atoms with Crippen LogP contribution in [0.2, 0.25) is 0 Å². The predicted octanol–water partition coefficient (Wildman–Crippen LogP) is 7.75. The SMILES string of the molecule is CCN1C(=O)/C(=C/c2c(C)n(Cc3ccccc3F)c3ccccc23)SC1=Nc1ccc(N2CCCCC2)cc1. The maximum Gasteiger partial charge on any atom is 0.266 e. The highest BCUT2D eigenvalue weighted by atomic mass is 32.2. The van der Waals surface area contributed by atoms with Crippen molar-refractivity contribution in [1.82, 2.24) is 9.47 Å². The number of nitrogens with zero attached hydrogens (tertiary/aromatic N) is 4. The van der Waals surface area contributed by atoms with E-state index in [4.69, 9.17) is 4.99 Å². The third-order valence-electron chi connectivity index (χ3n) is 7.84. The van der Waals surface area contributed by atoms with Crippen LogP contribution in [-0.2, 0) is 11.3 Å². The molecule has 40 heavy (non-hydrogen) atoms. The van der Waals surface area contributed by atoms with E-state index < -0.39 is 0 Å². The third-order valence-corrected chi connectivity index (χ3v) is 8.85. The molecule has 3 aromatic carbocycles. The largest absolute Gasteiger partial charge is 0.372 e. The number of likely N-dealkylation sites (N-methyl/N-ethyl adjacent to an activating group) is 1. The average Bonchev–Trinajstić information content (AvgIpc) is 3.43. The van der Waals surface area contributed by atoms with Gasteiger partial charge < -0.3 is 9.47 Å². The number of hydrogen-bond acceptors (Lipinski definition) is 4. The van der Waals surface area contributed by atoms with Crippen molar-refractivity contribution in [2.24, 2.45) is 4.99 Å². The minimum atomic E-state index is -0.218. The second-order valence-corrected chi connectivity index (χ2v) is 11.3. The first-order valence-corrected chi connectivity index (χ1v) is 14.8. The van der Waals surface area contributed by atoms with Crippen molar-refractivity contribution in [3.05, 3.63) is 100 Å². The molecule has 0 saturated carbocycles. The summed E-state index contributed by atoms with van der Waals surface area (Å²) in [4.78, 5) is 23.2. The Morgan fingerprint density at radius 3 is 2.42 bits per heavy atom. The first-order chi connectivity index (χ1) is 19.5. The second kappa shape index (κ2) is 11.3. The topological polar surface area (TPSA) is 40.8 Å². The van der Waals surface area contributed by atoms with Gasteiger partial charge in [0.2, 0.25) is 0 Å². The Morgan fingerprint density at radius 2 is 1.68 bits per heavy atom. The summed E-state index contributed by atoms with van der Waals surface area (Å²) in [6.07, 6.45) is 5.77. The van der Waals surface area contributed by atoms with Crippen LogP contribution >= 0.6 is 11.8 Å². The second-order valence-electron chi connectivity index (χ2n) is 10.3. The summed E-state index contributed by atoms with van der Waals surface area (Å²) in [5.74, 6) is -0.258. The molecule has 0 radical (unpaired) electrons. The molecule has 7 heteroatoms. The van der Waals surface area contributed by atoms with Crippen molar-refractivity contribution in [3.8, 4) is 0 Å². The van der Waals surface area contributed by atoms with Crippen molar-refractivity contribution in [2.75, 3.05) is 24.5 Å². The zero-order chi connectivity index (χ0) is 27.6. The van der Waals surface area contributed by atoms with Crippen LogP contribution in [0, 0.1) is 12.7 Å². The zero-order valence-corrected chi connectivity index (χ0v) is 23.8. The minimum Gasteiger partial charge on any atom is -0.372 e. The van der Waals surface area contributed by atoms with E-state index in [1.807, 2.05) is 62.4 Å². The fourth-order valence-electron chi connectivity index (χ4n) is 5.64. The molecule has 1 aromatic heterocycles. The molecule has 204 valence electrons. The van der Waals surface area contributed by atoms with Crippen LogP contribution in [0.25, 0.3) is 17.0 Å². The predicted molar refractivity (Wildman–Crippen MR) is 165 cm³/mol. The number of aliphatic imine (C=N–C) groups is 1. The number of hydrogen-bond donors (Lipinski definition) is 0. The summed E-state index contributed by atoms with van der Waals surface area (Å²) >= 11 is 1.41. The molecule has 3 heterocycles. The number of anilines is 1. The lowest BCUT2D eigenvalue weighted by Crippen LogP contribution is -2.29. The molecule has 6 rings (SSSR count). The monoisotopic (exact) mass is 552 g/mol. The van der Waals surface area contributed by atoms with E-state index in [1.54, 1.807) is 11.0 Å². The van der Waals surface area contributed by atoms with Gasteiger partial charge in [0.1, 0.15) is 5.82 Å². The van der Waals surface area contributed by atoms with Gasteiger partial charge >= 0.3 is 0 Å². The third kappa shape index (κ3) is 5.06. The zero-order valence-electron chi connectivity index (χ0n) is 22.9. The first-order valence-electron chi connectivity index (χ1n) is 14.0. The van der Waals surface area contributed by atoms with Crippen molar-refractivity contribution in [2.45, 2.75) is 39.7 Å². The van der Waals surface area contributed by atoms with E-state index in [9.17, 15) is 9.18 Å². The minimum absolute atomic E-state index is 0.0403. The molecular weight excluding hydrogens is 519 g/mol. The van der Waals surface area contributed by atoms with Crippen LogP contribution in [0.15, 0.2) is 82.7 Å². The van der Waals surface area contributed by atoms with Crippen LogP contribution in [-0.4, -0.2) is 40.2 Å². The van der Waals surface area contributed by atoms with Gasteiger partial charge in [0.05, 0.1) is 17.1 Å². The summed E-state index contributed by atoms with van der Waals surface area (Å²) in [5.41, 5.74) is 5.69. The fraction of sp³-hybridized carbons (Fsp3) is 0.273. The standard InChI is InChI=1S/C33H33FN4OS/c1-3-37-32(39)31(40-33(37)35-25-15-17-26(18-16-25)36-19-9-4-10-20-36)21-28-23(2)38(30-14-8-6-12-27(28)30)22-24-11-5-7-13-29(24)34/h5-8,11-18,21H,3-4,9-10,19-20,22H2,1-2H3/b31-21-,35-33?. The maximum absolute atomic E-state index is 14.5. The molecule has 1 amide bonds. The Kier molecular flexibility index (Phi) is 7.48. The molecule has 4 aromatic rings. The summed E-state index contributed by atoms with van der Waals surface area (Å²) < 4.78 is 16.6. The van der Waals surface area contributed by atoms with E-state index >= 15 is 0 Å². The fourth-order valence-corrected chi connectivity index (χ4v) is 6.69. The number of halogens is 1. The summed E-state index contributed by atoms with van der Waals surface area (Å²) in [5, 5.41) is 1.73. The molecule has 2 aliphatic rings. The van der Waals surface area contributed by atoms with Crippen LogP contribution in [0.5, 0.6) is 0 Å². The lowest BCUT2D eigenvalue weighted by molar-refractivity contribution is -0.122. The highest BCUT2D eigenvalue weighted by Crippen LogP contribution is 2.37. The van der Waals surface area contributed by atoms with Gasteiger partial charge in [0.25, 0.3) is 5.91 Å². The van der Waals surface area contributed by atoms with Crippen molar-refractivity contribution < 1.29 is 9.18 Å². The van der Waals surface area contributed by atoms with Crippen molar-refractivity contribution >= 4 is 51.2 Å². The Hall–Kier alpha value is -3.84. The number of amidine groups is 1. The van der Waals surface area contributed by atoms with Gasteiger partial charge in [0, 0.05) is 53.0 Å². The maximum atomic E-state index is 14.5. The number of carbonyl (C=O) groups excluding carboxylic acids is 1. The van der Waals surface area contributed by atoms with Gasteiger partial charge in [0.15, 0.2) is 5.17 Å². The van der Waals surface area contributed by atoms with E-state index in [-0.39, 0.29) is 11.7 Å². The summed E-state index contributed by atoms with van der Waals surface area (Å²) in [7, 11) is 0. The molecule has 0 aliphatic carbocycles. The van der Waals surface area contributed by atoms with Crippen LogP contribution in [0.3, 0.4) is 0 Å². The van der Waals surface area contributed by atoms with Crippen molar-refractivity contribution in [3.63, 3.8) is 0 Å². The van der Waals surface area contributed by atoms with Gasteiger partial charge in [-0.15, -0.1) is 0 Å². The quantitative estimate of drug-likeness (QED) is 0.230. The smallest absolute Gasteiger partial charge is 0.266 e. The molecule has 2 fully saturated rings. The number of para-hydroxylation sites is 1. The Morgan fingerprint density at radius 1 is 0.950 bits per heavy atom. The number of amides is 1. The lowest BCUT2D eigenvalue weighted by atomic mass is 10.1. The number of carbonyl (C=O) groups is 1. The van der Waals surface area contributed by atoms with Gasteiger partial charge in [-0.1, -0.05) is 36.4 Å². The van der Waals surface area contributed by atoms with Gasteiger partial charge in [-0.2, -0.15) is 0 Å². The molecule has 0 atom stereocenters. The first kappa shape index (κ1) is 26.4. The number of thioether (sulfide) groups is 1. The average molecular weight is 553 g/mol. The summed E-state index contributed by atoms with van der Waals surface area (Å²) in [6, 6.07) is 23.3. The number of fused-ring (bicyclic) bond motifs is 1. The number of piperidine rings is 1. The highest BCUT2D eigenvalue weighted by molar-refractivity contribution is 8.18. The normalized spacial score (nSPS) is 18.0. The van der Waals surface area contributed by atoms with Gasteiger partial charge in [-0.25, -0.2) is 9.38 Å². The lowest BCUT2D eigenvalue weighted by Gasteiger charge is -2.28. The molecular formula is C33H33FN4OS. The Balaban J connectivity index is 1.32. The number of benzene rings is 3. The highest BCUT2D eigenvalue weighted by Gasteiger charge is 2.33. The molecule has 2 aliphatic heterocycles. The van der Waals surface area contributed by atoms with E-state index in [0.29, 0.717) is 28.7 Å². The van der Waals surface area contributed by atoms with Gasteiger partial charge in [-0.3, -0.25) is 9.69 Å². The Labute approximate surface area is 239 Å². The van der Waals surface area contributed by atoms with E-state index in [0.717, 1.165) is 40.9 Å². The molecule has 0 unspecified atom stereocenters. The van der Waals surface area contributed by atoms with Crippen LogP contribution in [0.1, 0.15) is 43.0 Å². The number of rotatable bonds is 6.